The maximum atomic E-state index is 8.55. The van der Waals surface area contributed by atoms with Crippen LogP contribution in [0.4, 0.5) is 0 Å². The fraction of sp³-hybridized carbons (Fsp3) is 0.600. The van der Waals surface area contributed by atoms with Gasteiger partial charge in [-0.05, 0) is 120 Å². The Morgan fingerprint density at radius 1 is 0.450 bits per heavy atom. The molecule has 8 nitrogen and oxygen atoms in total. The molecule has 234 valence electrons. The summed E-state index contributed by atoms with van der Waals surface area (Å²) in [6, 6.07) is 0. The first-order valence-electron chi connectivity index (χ1n) is 13.6. The van der Waals surface area contributed by atoms with Gasteiger partial charge in [-0.1, -0.05) is 69.9 Å². The molecule has 0 saturated carbocycles. The fourth-order valence-electron chi connectivity index (χ4n) is 3.33. The maximum Gasteiger partial charge on any atom is -0.0288 e. The molecule has 0 saturated heterocycles. The monoisotopic (exact) mass is 600 g/mol. The predicted molar refractivity (Wildman–Crippen MR) is 155 cm³/mol. The molecule has 10 heteroatoms. The van der Waals surface area contributed by atoms with Gasteiger partial charge in [0.2, 0.25) is 0 Å². The van der Waals surface area contributed by atoms with Crippen molar-refractivity contribution in [3.63, 3.8) is 0 Å². The molecule has 0 aliphatic rings. The van der Waals surface area contributed by atoms with Crippen molar-refractivity contribution < 1.29 is 38.5 Å². The highest BCUT2D eigenvalue weighted by Gasteiger charge is 1.95. The summed E-state index contributed by atoms with van der Waals surface area (Å²) in [6.45, 7) is 17.8. The van der Waals surface area contributed by atoms with Gasteiger partial charge in [-0.3, -0.25) is 0 Å². The molecule has 0 rings (SSSR count). The van der Waals surface area contributed by atoms with Crippen LogP contribution in [0.2, 0.25) is 0 Å². The average Bonchev–Trinajstić information content (AvgIpc) is 2.76. The Bertz CT molecular complexity index is 920. The summed E-state index contributed by atoms with van der Waals surface area (Å²) in [5.74, 6) is 0. The van der Waals surface area contributed by atoms with Crippen LogP contribution in [0, 0.1) is 0 Å². The Morgan fingerprint density at radius 2 is 0.650 bits per heavy atom. The van der Waals surface area contributed by atoms with Crippen LogP contribution < -0.4 is 29.4 Å². The van der Waals surface area contributed by atoms with Crippen molar-refractivity contribution in [3.05, 3.63) is 69.9 Å². The summed E-state index contributed by atoms with van der Waals surface area (Å²) >= 11 is 0. The Kier molecular flexibility index (Phi) is 27.4. The van der Waals surface area contributed by atoms with Gasteiger partial charge < -0.3 is 38.5 Å². The molecule has 0 spiro atoms. The molecule has 0 fully saturated rings. The highest BCUT2D eigenvalue weighted by molar-refractivity contribution is 7.40. The van der Waals surface area contributed by atoms with Crippen LogP contribution in [-0.2, 0) is 9.13 Å². The second-order valence-corrected chi connectivity index (χ2v) is 12.0. The Balaban J connectivity index is -0.00000116. The predicted octanol–water partition coefficient (Wildman–Crippen LogP) is 4.96. The van der Waals surface area contributed by atoms with Crippen LogP contribution in [0.5, 0.6) is 0 Å². The molecule has 0 heterocycles. The minimum Gasteiger partial charge on any atom is -0.822 e. The molecule has 0 aromatic carbocycles. The largest absolute Gasteiger partial charge is 0.822 e. The average molecular weight is 601 g/mol. The molecule has 0 aromatic heterocycles. The number of allylic oxidation sites excluding steroid dienone is 12. The highest BCUT2D eigenvalue weighted by Crippen LogP contribution is 2.15. The van der Waals surface area contributed by atoms with Gasteiger partial charge in [-0.15, -0.1) is 0 Å². The second-order valence-electron chi connectivity index (χ2n) is 10.2. The van der Waals surface area contributed by atoms with E-state index in [2.05, 4.69) is 91.8 Å². The van der Waals surface area contributed by atoms with E-state index in [1.807, 2.05) is 0 Å². The molecule has 0 aromatic rings. The zero-order valence-corrected chi connectivity index (χ0v) is 27.5. The van der Waals surface area contributed by atoms with Gasteiger partial charge in [0.1, 0.15) is 0 Å². The third-order valence-electron chi connectivity index (χ3n) is 5.71. The van der Waals surface area contributed by atoms with Gasteiger partial charge in [0, 0.05) is 0 Å². The first-order valence-corrected chi connectivity index (χ1v) is 16.5. The number of rotatable bonds is 15. The molecule has 0 N–H and O–H groups in total. The summed E-state index contributed by atoms with van der Waals surface area (Å²) in [5.41, 5.74) is 9.04. The molecule has 0 atom stereocenters. The van der Waals surface area contributed by atoms with E-state index in [1.54, 1.807) is 0 Å². The standard InChI is InChI=1S/C30H50.2H3O4P/c1-9-26(4)16-11-18-28(6)20-13-22-30(8)24-14-23-29(7)21-12-19-27(5)17-10-15-25(2)3;2*1-5(2,3)4/h9,15,18-19,22-23H,10-14,16-17,20-21,24H2,1-8H3;2*(H3,1,2,3,4)/p-6. The highest BCUT2D eigenvalue weighted by atomic mass is 31.2. The molecular weight excluding hydrogens is 550 g/mol. The number of hydrogen-bond donors (Lipinski definition) is 0. The first kappa shape index (κ1) is 43.1. The van der Waals surface area contributed by atoms with Crippen LogP contribution in [0.1, 0.15) is 120 Å². The Labute approximate surface area is 243 Å². The summed E-state index contributed by atoms with van der Waals surface area (Å²) in [5, 5.41) is 0. The first-order chi connectivity index (χ1) is 18.2. The minimum absolute atomic E-state index is 1.18. The SMILES string of the molecule is CC=C(C)CCC=C(C)CCC=C(C)CCC=C(C)CCC=C(C)CCC=C(C)C.O=P([O-])([O-])[O-].O=P([O-])([O-])[O-]. The lowest BCUT2D eigenvalue weighted by molar-refractivity contribution is -0.434. The second kappa shape index (κ2) is 25.4. The van der Waals surface area contributed by atoms with E-state index < -0.39 is 15.6 Å². The van der Waals surface area contributed by atoms with Crippen molar-refractivity contribution in [2.24, 2.45) is 0 Å². The van der Waals surface area contributed by atoms with E-state index in [9.17, 15) is 0 Å². The molecular formula is C30H50O8P2-6. The van der Waals surface area contributed by atoms with Crippen molar-refractivity contribution in [1.82, 2.24) is 0 Å². The lowest BCUT2D eigenvalue weighted by Crippen LogP contribution is -2.24. The van der Waals surface area contributed by atoms with E-state index in [4.69, 9.17) is 38.5 Å². The van der Waals surface area contributed by atoms with Crippen molar-refractivity contribution in [3.8, 4) is 0 Å². The minimum atomic E-state index is -5.39. The van der Waals surface area contributed by atoms with Crippen molar-refractivity contribution in [1.29, 1.82) is 0 Å². The molecule has 0 bridgehead atoms. The number of phosphoric acid groups is 2. The van der Waals surface area contributed by atoms with Gasteiger partial charge in [-0.25, -0.2) is 0 Å². The summed E-state index contributed by atoms with van der Waals surface area (Å²) in [7, 11) is -10.8. The van der Waals surface area contributed by atoms with E-state index in [1.165, 1.54) is 97.6 Å². The van der Waals surface area contributed by atoms with Crippen molar-refractivity contribution in [2.45, 2.75) is 120 Å². The van der Waals surface area contributed by atoms with Crippen LogP contribution in [0.3, 0.4) is 0 Å². The lowest BCUT2D eigenvalue weighted by atomic mass is 10.0. The molecule has 0 unspecified atom stereocenters. The van der Waals surface area contributed by atoms with Gasteiger partial charge in [0.15, 0.2) is 0 Å². The fourth-order valence-corrected chi connectivity index (χ4v) is 3.33. The topological polar surface area (TPSA) is 172 Å². The Hall–Kier alpha value is -1.34. The van der Waals surface area contributed by atoms with Gasteiger partial charge in [0.05, 0.1) is 0 Å². The van der Waals surface area contributed by atoms with Crippen LogP contribution >= 0.6 is 15.6 Å². The maximum absolute atomic E-state index is 8.55. The van der Waals surface area contributed by atoms with E-state index in [-0.39, 0.29) is 0 Å². The number of hydrogen-bond acceptors (Lipinski definition) is 8. The summed E-state index contributed by atoms with van der Waals surface area (Å²) < 4.78 is 17.1. The lowest BCUT2D eigenvalue weighted by Gasteiger charge is -2.36. The summed E-state index contributed by atoms with van der Waals surface area (Å²) in [6.07, 6.45) is 26.1. The third-order valence-corrected chi connectivity index (χ3v) is 5.71. The Morgan fingerprint density at radius 3 is 0.850 bits per heavy atom. The quantitative estimate of drug-likeness (QED) is 0.187. The molecule has 40 heavy (non-hydrogen) atoms. The molecule has 0 aliphatic carbocycles. The smallest absolute Gasteiger partial charge is 0.0288 e. The van der Waals surface area contributed by atoms with Gasteiger partial charge in [-0.2, -0.15) is 15.6 Å². The van der Waals surface area contributed by atoms with Crippen molar-refractivity contribution in [2.75, 3.05) is 0 Å². The van der Waals surface area contributed by atoms with E-state index in [0.29, 0.717) is 0 Å². The van der Waals surface area contributed by atoms with Crippen LogP contribution in [0.25, 0.3) is 0 Å². The third kappa shape index (κ3) is 49.6. The van der Waals surface area contributed by atoms with Crippen LogP contribution in [0.15, 0.2) is 69.9 Å². The van der Waals surface area contributed by atoms with Crippen LogP contribution in [-0.4, -0.2) is 0 Å². The normalized spacial score (nSPS) is 13.7. The zero-order chi connectivity index (χ0) is 31.8. The molecule has 0 aliphatic heterocycles. The van der Waals surface area contributed by atoms with E-state index in [0.717, 1.165) is 0 Å². The molecule has 0 amide bonds. The van der Waals surface area contributed by atoms with Gasteiger partial charge >= 0.3 is 0 Å². The van der Waals surface area contributed by atoms with E-state index >= 15 is 0 Å². The van der Waals surface area contributed by atoms with Crippen molar-refractivity contribution >= 4 is 15.6 Å². The zero-order valence-electron chi connectivity index (χ0n) is 25.7. The summed E-state index contributed by atoms with van der Waals surface area (Å²) in [4.78, 5) is 51.3. The van der Waals surface area contributed by atoms with Gasteiger partial charge in [0.25, 0.3) is 0 Å². The molecule has 0 radical (unpaired) electrons.